The Labute approximate surface area is 122 Å². The monoisotopic (exact) mass is 286 g/mol. The van der Waals surface area contributed by atoms with Gasteiger partial charge in [0.25, 0.3) is 0 Å². The zero-order valence-electron chi connectivity index (χ0n) is 13.4. The summed E-state index contributed by atoms with van der Waals surface area (Å²) in [6.07, 6.45) is 7.49. The maximum Gasteiger partial charge on any atom is 0.320 e. The molecule has 0 aromatic rings. The second kappa shape index (κ2) is 9.78. The summed E-state index contributed by atoms with van der Waals surface area (Å²) in [5.41, 5.74) is -0.591. The van der Waals surface area contributed by atoms with E-state index >= 15 is 0 Å². The van der Waals surface area contributed by atoms with E-state index in [1.54, 1.807) is 13.8 Å². The molecule has 0 radical (unpaired) electrons. The highest BCUT2D eigenvalue weighted by atomic mass is 16.6. The summed E-state index contributed by atoms with van der Waals surface area (Å²) in [5, 5.41) is 9.15. The topological polar surface area (TPSA) is 63.6 Å². The fraction of sp³-hybridized carbons (Fsp3) is 0.875. The highest BCUT2D eigenvalue weighted by Gasteiger charge is 2.31. The summed E-state index contributed by atoms with van der Waals surface area (Å²) in [6.45, 7) is 7.67. The maximum atomic E-state index is 11.9. The maximum absolute atomic E-state index is 11.9. The first-order chi connectivity index (χ1) is 9.34. The third kappa shape index (κ3) is 8.18. The SMILES string of the molecule is CCCCCCCCC(C(=O)O)C(=O)OC(C)(C)CC. The molecule has 0 aliphatic carbocycles. The molecular formula is C16H30O4. The van der Waals surface area contributed by atoms with Crippen LogP contribution in [0.15, 0.2) is 0 Å². The van der Waals surface area contributed by atoms with Crippen LogP contribution in [0.5, 0.6) is 0 Å². The average Bonchev–Trinajstić information content (AvgIpc) is 2.36. The van der Waals surface area contributed by atoms with E-state index in [0.717, 1.165) is 19.3 Å². The fourth-order valence-electron chi connectivity index (χ4n) is 1.89. The van der Waals surface area contributed by atoms with E-state index in [4.69, 9.17) is 9.84 Å². The molecule has 0 fully saturated rings. The number of esters is 1. The number of carbonyl (C=O) groups excluding carboxylic acids is 1. The van der Waals surface area contributed by atoms with Crippen molar-refractivity contribution in [2.45, 2.75) is 84.7 Å². The average molecular weight is 286 g/mol. The molecule has 4 nitrogen and oxygen atoms in total. The number of carboxylic acid groups (broad SMARTS) is 1. The Morgan fingerprint density at radius 3 is 2.10 bits per heavy atom. The van der Waals surface area contributed by atoms with Gasteiger partial charge < -0.3 is 9.84 Å². The van der Waals surface area contributed by atoms with Gasteiger partial charge in [-0.25, -0.2) is 0 Å². The van der Waals surface area contributed by atoms with Gasteiger partial charge >= 0.3 is 11.9 Å². The predicted molar refractivity (Wildman–Crippen MR) is 79.6 cm³/mol. The van der Waals surface area contributed by atoms with Crippen molar-refractivity contribution in [3.63, 3.8) is 0 Å². The molecule has 1 N–H and O–H groups in total. The number of rotatable bonds is 11. The minimum atomic E-state index is -1.07. The first kappa shape index (κ1) is 18.9. The van der Waals surface area contributed by atoms with E-state index in [1.165, 1.54) is 19.3 Å². The number of ether oxygens (including phenoxy) is 1. The lowest BCUT2D eigenvalue weighted by molar-refractivity contribution is -0.168. The smallest absolute Gasteiger partial charge is 0.320 e. The number of carbonyl (C=O) groups is 2. The predicted octanol–water partition coefficient (Wildman–Crippen LogP) is 4.17. The van der Waals surface area contributed by atoms with Gasteiger partial charge in [0.05, 0.1) is 0 Å². The highest BCUT2D eigenvalue weighted by Crippen LogP contribution is 2.20. The highest BCUT2D eigenvalue weighted by molar-refractivity contribution is 5.94. The van der Waals surface area contributed by atoms with Crippen LogP contribution in [0.25, 0.3) is 0 Å². The number of hydrogen-bond acceptors (Lipinski definition) is 3. The number of hydrogen-bond donors (Lipinski definition) is 1. The summed E-state index contributed by atoms with van der Waals surface area (Å²) in [5.74, 6) is -2.69. The normalized spacial score (nSPS) is 13.0. The Morgan fingerprint density at radius 1 is 1.05 bits per heavy atom. The molecule has 4 heteroatoms. The Kier molecular flexibility index (Phi) is 9.26. The Balaban J connectivity index is 4.16. The number of aliphatic carboxylic acids is 1. The summed E-state index contributed by atoms with van der Waals surface area (Å²) in [4.78, 5) is 23.1. The second-order valence-corrected chi connectivity index (χ2v) is 5.98. The Bertz CT molecular complexity index is 297. The van der Waals surface area contributed by atoms with Gasteiger partial charge in [0, 0.05) is 0 Å². The number of carboxylic acids is 1. The van der Waals surface area contributed by atoms with Crippen molar-refractivity contribution < 1.29 is 19.4 Å². The summed E-state index contributed by atoms with van der Waals surface area (Å²) >= 11 is 0. The fourth-order valence-corrected chi connectivity index (χ4v) is 1.89. The van der Waals surface area contributed by atoms with Gasteiger partial charge in [-0.05, 0) is 26.7 Å². The van der Waals surface area contributed by atoms with Crippen LogP contribution < -0.4 is 0 Å². The molecule has 0 rings (SSSR count). The van der Waals surface area contributed by atoms with E-state index < -0.39 is 23.5 Å². The van der Waals surface area contributed by atoms with Gasteiger partial charge in [0.15, 0.2) is 5.92 Å². The molecule has 0 spiro atoms. The largest absolute Gasteiger partial charge is 0.481 e. The summed E-state index contributed by atoms with van der Waals surface area (Å²) < 4.78 is 5.29. The van der Waals surface area contributed by atoms with Crippen molar-refractivity contribution in [3.8, 4) is 0 Å². The molecule has 0 aliphatic heterocycles. The van der Waals surface area contributed by atoms with Crippen LogP contribution in [0.4, 0.5) is 0 Å². The van der Waals surface area contributed by atoms with Gasteiger partial charge in [-0.1, -0.05) is 52.4 Å². The van der Waals surface area contributed by atoms with Crippen LogP contribution in [0.1, 0.15) is 79.1 Å². The molecule has 0 aromatic carbocycles. The van der Waals surface area contributed by atoms with E-state index in [9.17, 15) is 9.59 Å². The molecule has 20 heavy (non-hydrogen) atoms. The molecule has 0 amide bonds. The summed E-state index contributed by atoms with van der Waals surface area (Å²) in [7, 11) is 0. The Hall–Kier alpha value is -1.06. The van der Waals surface area contributed by atoms with Crippen LogP contribution in [0.3, 0.4) is 0 Å². The summed E-state index contributed by atoms with van der Waals surface area (Å²) in [6, 6.07) is 0. The van der Waals surface area contributed by atoms with E-state index in [1.807, 2.05) is 6.92 Å². The quantitative estimate of drug-likeness (QED) is 0.352. The Morgan fingerprint density at radius 2 is 1.60 bits per heavy atom. The molecule has 0 aliphatic rings. The minimum Gasteiger partial charge on any atom is -0.481 e. The molecule has 0 saturated carbocycles. The molecular weight excluding hydrogens is 256 g/mol. The molecule has 118 valence electrons. The molecule has 0 heterocycles. The van der Waals surface area contributed by atoms with E-state index in [2.05, 4.69) is 6.92 Å². The van der Waals surface area contributed by atoms with Crippen LogP contribution >= 0.6 is 0 Å². The lowest BCUT2D eigenvalue weighted by Crippen LogP contribution is -2.34. The van der Waals surface area contributed by atoms with Gasteiger partial charge in [-0.2, -0.15) is 0 Å². The van der Waals surface area contributed by atoms with Crippen molar-refractivity contribution in [1.29, 1.82) is 0 Å². The molecule has 0 aromatic heterocycles. The molecule has 0 bridgehead atoms. The molecule has 1 unspecified atom stereocenters. The van der Waals surface area contributed by atoms with Gasteiger partial charge in [-0.3, -0.25) is 9.59 Å². The number of unbranched alkanes of at least 4 members (excludes halogenated alkanes) is 5. The van der Waals surface area contributed by atoms with Crippen LogP contribution in [0.2, 0.25) is 0 Å². The minimum absolute atomic E-state index is 0.375. The van der Waals surface area contributed by atoms with Crippen LogP contribution in [-0.4, -0.2) is 22.6 Å². The standard InChI is InChI=1S/C16H30O4/c1-5-7-8-9-10-11-12-13(14(17)18)15(19)20-16(3,4)6-2/h13H,5-12H2,1-4H3,(H,17,18). The molecule has 1 atom stereocenters. The van der Waals surface area contributed by atoms with Crippen molar-refractivity contribution in [2.75, 3.05) is 0 Å². The molecule has 0 saturated heterocycles. The van der Waals surface area contributed by atoms with Gasteiger partial charge in [0.1, 0.15) is 5.60 Å². The van der Waals surface area contributed by atoms with Crippen LogP contribution in [0, 0.1) is 5.92 Å². The lowest BCUT2D eigenvalue weighted by atomic mass is 9.99. The zero-order chi connectivity index (χ0) is 15.6. The first-order valence-electron chi connectivity index (χ1n) is 7.79. The van der Waals surface area contributed by atoms with Crippen molar-refractivity contribution in [1.82, 2.24) is 0 Å². The zero-order valence-corrected chi connectivity index (χ0v) is 13.4. The second-order valence-electron chi connectivity index (χ2n) is 5.98. The van der Waals surface area contributed by atoms with Crippen molar-refractivity contribution in [3.05, 3.63) is 0 Å². The van der Waals surface area contributed by atoms with Crippen molar-refractivity contribution >= 4 is 11.9 Å². The van der Waals surface area contributed by atoms with Gasteiger partial charge in [-0.15, -0.1) is 0 Å². The third-order valence-electron chi connectivity index (χ3n) is 3.66. The van der Waals surface area contributed by atoms with E-state index in [-0.39, 0.29) is 0 Å². The third-order valence-corrected chi connectivity index (χ3v) is 3.66. The van der Waals surface area contributed by atoms with Crippen molar-refractivity contribution in [2.24, 2.45) is 5.92 Å². The first-order valence-corrected chi connectivity index (χ1v) is 7.79. The van der Waals surface area contributed by atoms with Gasteiger partial charge in [0.2, 0.25) is 0 Å². The lowest BCUT2D eigenvalue weighted by Gasteiger charge is -2.25. The van der Waals surface area contributed by atoms with Crippen LogP contribution in [-0.2, 0) is 14.3 Å². The van der Waals surface area contributed by atoms with E-state index in [0.29, 0.717) is 12.8 Å².